The Morgan fingerprint density at radius 1 is 0.900 bits per heavy atom. The summed E-state index contributed by atoms with van der Waals surface area (Å²) in [6.07, 6.45) is 0. The molecule has 0 saturated heterocycles. The fourth-order valence-electron chi connectivity index (χ4n) is 2.92. The molecule has 7 heteroatoms. The van der Waals surface area contributed by atoms with Gasteiger partial charge in [0.25, 0.3) is 0 Å². The van der Waals surface area contributed by atoms with E-state index in [0.29, 0.717) is 17.1 Å². The second kappa shape index (κ2) is 8.92. The number of anilines is 2. The average Bonchev–Trinajstić information content (AvgIpc) is 2.75. The zero-order valence-electron chi connectivity index (χ0n) is 16.2. The minimum atomic E-state index is -0.392. The molecular weight excluding hydrogens is 399 g/mol. The van der Waals surface area contributed by atoms with Crippen molar-refractivity contribution in [2.24, 2.45) is 0 Å². The van der Waals surface area contributed by atoms with Gasteiger partial charge in [0.2, 0.25) is 0 Å². The third-order valence-corrected chi connectivity index (χ3v) is 5.53. The normalized spacial score (nSPS) is 10.7. The highest BCUT2D eigenvalue weighted by atomic mass is 32.2. The number of hydrogen-bond donors (Lipinski definition) is 2. The number of benzene rings is 3. The number of carbonyl (C=O) groups excluding carboxylic acids is 1. The van der Waals surface area contributed by atoms with Gasteiger partial charge in [-0.1, -0.05) is 24.3 Å². The number of para-hydroxylation sites is 3. The lowest BCUT2D eigenvalue weighted by atomic mass is 10.2. The van der Waals surface area contributed by atoms with E-state index in [1.54, 1.807) is 11.8 Å². The third kappa shape index (κ3) is 4.75. The summed E-state index contributed by atoms with van der Waals surface area (Å²) in [7, 11) is 0. The lowest BCUT2D eigenvalue weighted by Crippen LogP contribution is -2.19. The van der Waals surface area contributed by atoms with E-state index in [1.165, 1.54) is 24.3 Å². The number of urea groups is 1. The molecule has 0 aliphatic rings. The number of aryl methyl sites for hydroxylation is 1. The summed E-state index contributed by atoms with van der Waals surface area (Å²) in [6.45, 7) is 1.95. The molecule has 1 heterocycles. The van der Waals surface area contributed by atoms with Crippen molar-refractivity contribution in [3.8, 4) is 0 Å². The van der Waals surface area contributed by atoms with Crippen LogP contribution in [0.2, 0.25) is 0 Å². The molecule has 1 aromatic heterocycles. The SMILES string of the molecule is Cc1nc2ccccc2nc1CSc1ccccc1NC(=O)Nc1ccc(F)cc1. The number of fused-ring (bicyclic) bond motifs is 1. The Bertz CT molecular complexity index is 1200. The second-order valence-corrected chi connectivity index (χ2v) is 7.63. The molecule has 0 radical (unpaired) electrons. The molecule has 30 heavy (non-hydrogen) atoms. The fourth-order valence-corrected chi connectivity index (χ4v) is 3.94. The predicted octanol–water partition coefficient (Wildman–Crippen LogP) is 6.01. The van der Waals surface area contributed by atoms with Gasteiger partial charge in [-0.15, -0.1) is 11.8 Å². The number of amides is 2. The summed E-state index contributed by atoms with van der Waals surface area (Å²) >= 11 is 1.58. The van der Waals surface area contributed by atoms with Gasteiger partial charge in [-0.2, -0.15) is 0 Å². The number of carbonyl (C=O) groups is 1. The predicted molar refractivity (Wildman–Crippen MR) is 119 cm³/mol. The smallest absolute Gasteiger partial charge is 0.308 e. The maximum Gasteiger partial charge on any atom is 0.323 e. The molecule has 4 aromatic rings. The minimum Gasteiger partial charge on any atom is -0.308 e. The van der Waals surface area contributed by atoms with Gasteiger partial charge in [0.15, 0.2) is 0 Å². The second-order valence-electron chi connectivity index (χ2n) is 6.62. The summed E-state index contributed by atoms with van der Waals surface area (Å²) in [5, 5.41) is 5.55. The lowest BCUT2D eigenvalue weighted by molar-refractivity contribution is 0.262. The van der Waals surface area contributed by atoms with Crippen LogP contribution in [0.4, 0.5) is 20.6 Å². The fraction of sp³-hybridized carbons (Fsp3) is 0.0870. The molecule has 0 atom stereocenters. The molecule has 0 fully saturated rings. The lowest BCUT2D eigenvalue weighted by Gasteiger charge is -2.12. The van der Waals surface area contributed by atoms with E-state index in [2.05, 4.69) is 15.6 Å². The molecule has 3 aromatic carbocycles. The number of thioether (sulfide) groups is 1. The molecule has 0 unspecified atom stereocenters. The Kier molecular flexibility index (Phi) is 5.90. The molecule has 0 aliphatic heterocycles. The van der Waals surface area contributed by atoms with E-state index >= 15 is 0 Å². The van der Waals surface area contributed by atoms with Crippen molar-refractivity contribution in [1.82, 2.24) is 9.97 Å². The maximum absolute atomic E-state index is 13.0. The molecule has 2 N–H and O–H groups in total. The highest BCUT2D eigenvalue weighted by Crippen LogP contribution is 2.30. The van der Waals surface area contributed by atoms with E-state index in [9.17, 15) is 9.18 Å². The first kappa shape index (κ1) is 19.8. The zero-order valence-corrected chi connectivity index (χ0v) is 17.0. The van der Waals surface area contributed by atoms with Crippen molar-refractivity contribution in [2.75, 3.05) is 10.6 Å². The Hall–Kier alpha value is -3.45. The summed E-state index contributed by atoms with van der Waals surface area (Å²) in [6, 6.07) is 20.6. The zero-order chi connectivity index (χ0) is 20.9. The number of rotatable bonds is 5. The monoisotopic (exact) mass is 418 g/mol. The number of nitrogens with one attached hydrogen (secondary N) is 2. The van der Waals surface area contributed by atoms with Gasteiger partial charge < -0.3 is 10.6 Å². The number of aromatic nitrogens is 2. The van der Waals surface area contributed by atoms with Gasteiger partial charge in [0.05, 0.1) is 28.1 Å². The van der Waals surface area contributed by atoms with E-state index in [1.807, 2.05) is 55.5 Å². The van der Waals surface area contributed by atoms with Gasteiger partial charge in [-0.25, -0.2) is 19.2 Å². The Balaban J connectivity index is 1.46. The van der Waals surface area contributed by atoms with Crippen molar-refractivity contribution in [2.45, 2.75) is 17.6 Å². The van der Waals surface area contributed by atoms with Crippen LogP contribution in [-0.2, 0) is 5.75 Å². The van der Waals surface area contributed by atoms with Crippen LogP contribution in [0.1, 0.15) is 11.4 Å². The highest BCUT2D eigenvalue weighted by molar-refractivity contribution is 7.98. The first-order chi connectivity index (χ1) is 14.6. The van der Waals surface area contributed by atoms with Crippen LogP contribution in [0.5, 0.6) is 0 Å². The summed E-state index contributed by atoms with van der Waals surface area (Å²) in [5.74, 6) is 0.275. The Labute approximate surface area is 177 Å². The largest absolute Gasteiger partial charge is 0.323 e. The standard InChI is InChI=1S/C23H19FN4OS/c1-15-21(27-19-7-3-2-6-18(19)25-15)14-30-22-9-5-4-8-20(22)28-23(29)26-17-12-10-16(24)11-13-17/h2-13H,14H2,1H3,(H2,26,28,29). The highest BCUT2D eigenvalue weighted by Gasteiger charge is 2.10. The molecule has 2 amide bonds. The molecule has 0 spiro atoms. The van der Waals surface area contributed by atoms with Gasteiger partial charge >= 0.3 is 6.03 Å². The van der Waals surface area contributed by atoms with E-state index in [0.717, 1.165) is 27.3 Å². The van der Waals surface area contributed by atoms with Crippen molar-refractivity contribution in [1.29, 1.82) is 0 Å². The van der Waals surface area contributed by atoms with Crippen LogP contribution >= 0.6 is 11.8 Å². The quantitative estimate of drug-likeness (QED) is 0.389. The van der Waals surface area contributed by atoms with E-state index in [-0.39, 0.29) is 5.82 Å². The molecule has 5 nitrogen and oxygen atoms in total. The van der Waals surface area contributed by atoms with Crippen LogP contribution in [0, 0.1) is 12.7 Å². The van der Waals surface area contributed by atoms with Gasteiger partial charge in [0, 0.05) is 16.3 Å². The molecule has 0 bridgehead atoms. The van der Waals surface area contributed by atoms with Crippen molar-refractivity contribution in [3.05, 3.63) is 90.0 Å². The summed E-state index contributed by atoms with van der Waals surface area (Å²) in [5.41, 5.74) is 4.74. The summed E-state index contributed by atoms with van der Waals surface area (Å²) in [4.78, 5) is 22.6. The molecule has 0 saturated carbocycles. The molecular formula is C23H19FN4OS. The number of nitrogens with zero attached hydrogens (tertiary/aromatic N) is 2. The van der Waals surface area contributed by atoms with E-state index < -0.39 is 6.03 Å². The minimum absolute atomic E-state index is 0.352. The van der Waals surface area contributed by atoms with Gasteiger partial charge in [-0.3, -0.25) is 0 Å². The van der Waals surface area contributed by atoms with E-state index in [4.69, 9.17) is 4.98 Å². The van der Waals surface area contributed by atoms with Crippen molar-refractivity contribution >= 4 is 40.2 Å². The van der Waals surface area contributed by atoms with Crippen LogP contribution in [-0.4, -0.2) is 16.0 Å². The van der Waals surface area contributed by atoms with Crippen molar-refractivity contribution < 1.29 is 9.18 Å². The van der Waals surface area contributed by atoms with Gasteiger partial charge in [0.1, 0.15) is 5.82 Å². The summed E-state index contributed by atoms with van der Waals surface area (Å²) < 4.78 is 13.0. The molecule has 0 aliphatic carbocycles. The Morgan fingerprint density at radius 2 is 1.57 bits per heavy atom. The van der Waals surface area contributed by atoms with Gasteiger partial charge in [-0.05, 0) is 55.5 Å². The van der Waals surface area contributed by atoms with Crippen LogP contribution < -0.4 is 10.6 Å². The number of hydrogen-bond acceptors (Lipinski definition) is 4. The van der Waals surface area contributed by atoms with Crippen LogP contribution in [0.25, 0.3) is 11.0 Å². The molecule has 150 valence electrons. The first-order valence-corrected chi connectivity index (χ1v) is 10.3. The van der Waals surface area contributed by atoms with Crippen molar-refractivity contribution in [3.63, 3.8) is 0 Å². The topological polar surface area (TPSA) is 66.9 Å². The van der Waals surface area contributed by atoms with Crippen LogP contribution in [0.15, 0.2) is 77.7 Å². The molecule has 4 rings (SSSR count). The third-order valence-electron chi connectivity index (χ3n) is 4.44. The maximum atomic E-state index is 13.0. The number of halogens is 1. The first-order valence-electron chi connectivity index (χ1n) is 9.36. The average molecular weight is 418 g/mol. The Morgan fingerprint density at radius 3 is 2.33 bits per heavy atom. The van der Waals surface area contributed by atoms with Crippen LogP contribution in [0.3, 0.4) is 0 Å².